The summed E-state index contributed by atoms with van der Waals surface area (Å²) in [7, 11) is 0. The monoisotopic (exact) mass is 1720 g/mol. The number of nitrogens with one attached hydrogen (secondary N) is 2. The molecule has 1 saturated heterocycles. The molecule has 0 aromatic heterocycles. The number of rotatable bonds is 29. The van der Waals surface area contributed by atoms with Crippen LogP contribution in [0, 0.1) is 88.6 Å². The summed E-state index contributed by atoms with van der Waals surface area (Å²) in [6.07, 6.45) is 28.5. The number of amides is 2. The molecule has 23 heteroatoms. The standard InChI is InChI=1S/C20H30N2O2.C20H26N2O2.C15H22N2.C15H18N2.C9H11N.C6H9NO.C6H7NO.C5H8O3S.C5H10O2/c2*1-19(2,3)24-18(23)22(14-20(9-10-20)11-12-21)17-13-16(17)15-7-5-4-6-8-15;2*16-9-8-15(6-7-15)11-17-14-10-13(14)12-4-2-1-3-5-12;10-9-6-8(9)7-4-2-1-3-5-7;2*7-4-3-6(5-8)1-2-6;6-9-7-3-5(1-2-5)4-8-9;6-3-5(4-7)1-2-5/h4-8,16-17H,9-14,21H2,1-3H3;4-8,16-17H,9-11,13-14H2,1-3H3;1-5,13-14,17H,6-11,16H2;1-5,13-14,17H,6-8,10-11H2;1-5,8-9H,6,10H2;8H,1-3,5H2;5H,1-3H2;1-4H2;6-7H,1-4H2/t2*16-,17+;2*13-,14+;8-,9+;;;;/m00000..../s1. The maximum absolute atomic E-state index is 12.8. The molecule has 1 aliphatic heterocycles. The van der Waals surface area contributed by atoms with Crippen LogP contribution in [0.2, 0.25) is 0 Å². The molecule has 1 heterocycles. The minimum atomic E-state index is -1.45. The first kappa shape index (κ1) is 96.6. The van der Waals surface area contributed by atoms with Gasteiger partial charge in [0.2, 0.25) is 0 Å². The summed E-state index contributed by atoms with van der Waals surface area (Å²) in [6.45, 7) is 18.4. The highest BCUT2D eigenvalue weighted by Crippen LogP contribution is 2.57. The highest BCUT2D eigenvalue weighted by atomic mass is 32.2. The van der Waals surface area contributed by atoms with Crippen LogP contribution in [0.1, 0.15) is 272 Å². The summed E-state index contributed by atoms with van der Waals surface area (Å²) >= 11 is -1.45. The van der Waals surface area contributed by atoms with E-state index in [0.717, 1.165) is 109 Å². The number of aliphatic hydroxyl groups is 3. The van der Waals surface area contributed by atoms with Crippen molar-refractivity contribution < 1.29 is 51.8 Å². The lowest BCUT2D eigenvalue weighted by atomic mass is 10.0. The minimum Gasteiger partial charge on any atom is -0.444 e. The molecule has 5 aromatic carbocycles. The average molecular weight is 1720 g/mol. The van der Waals surface area contributed by atoms with E-state index in [1.165, 1.54) is 111 Å². The molecular formula is C101H141N11O11S. The van der Waals surface area contributed by atoms with Gasteiger partial charge in [0.1, 0.15) is 17.5 Å². The van der Waals surface area contributed by atoms with Crippen LogP contribution in [0.3, 0.4) is 0 Å². The second-order valence-electron chi connectivity index (χ2n) is 40.9. The normalized spacial score (nSPS) is 26.2. The number of nitrogens with zero attached hydrogens (tertiary/aromatic N) is 6. The zero-order valence-corrected chi connectivity index (χ0v) is 75.4. The van der Waals surface area contributed by atoms with Gasteiger partial charge in [0.15, 0.2) is 0 Å². The van der Waals surface area contributed by atoms with Gasteiger partial charge in [-0.15, -0.1) is 0 Å². The number of aliphatic hydroxyl groups excluding tert-OH is 3. The molecule has 672 valence electrons. The largest absolute Gasteiger partial charge is 0.444 e. The molecule has 19 rings (SSSR count). The quantitative estimate of drug-likeness (QED) is 0.0206. The highest BCUT2D eigenvalue weighted by Gasteiger charge is 2.55. The Kier molecular flexibility index (Phi) is 33.7. The molecule has 14 fully saturated rings. The van der Waals surface area contributed by atoms with Crippen LogP contribution in [-0.2, 0) is 34.0 Å². The van der Waals surface area contributed by atoms with Gasteiger partial charge in [0, 0.05) is 145 Å². The lowest BCUT2D eigenvalue weighted by molar-refractivity contribution is -0.112. The number of nitrogens with two attached hydrogens (primary N) is 3. The molecule has 5 aromatic rings. The van der Waals surface area contributed by atoms with Gasteiger partial charge in [-0.25, -0.2) is 9.59 Å². The van der Waals surface area contributed by atoms with Crippen LogP contribution in [0.5, 0.6) is 0 Å². The molecule has 22 nitrogen and oxygen atoms in total. The topological polar surface area (TPSA) is 370 Å². The van der Waals surface area contributed by atoms with Crippen LogP contribution in [-0.4, -0.2) is 162 Å². The van der Waals surface area contributed by atoms with Gasteiger partial charge in [-0.1, -0.05) is 152 Å². The molecule has 14 aliphatic rings. The van der Waals surface area contributed by atoms with E-state index < -0.39 is 22.6 Å². The van der Waals surface area contributed by atoms with Gasteiger partial charge in [-0.05, 0) is 246 Å². The first-order chi connectivity index (χ1) is 59.5. The molecular weight excluding hydrogens is 1580 g/mol. The van der Waals surface area contributed by atoms with E-state index in [1.807, 2.05) is 87.7 Å². The number of hydrogen-bond acceptors (Lipinski definition) is 20. The Hall–Kier alpha value is -7.98. The van der Waals surface area contributed by atoms with Crippen molar-refractivity contribution in [2.75, 3.05) is 72.3 Å². The van der Waals surface area contributed by atoms with Crippen molar-refractivity contribution >= 4 is 29.8 Å². The van der Waals surface area contributed by atoms with E-state index in [0.29, 0.717) is 98.2 Å². The fourth-order valence-electron chi connectivity index (χ4n) is 16.4. The highest BCUT2D eigenvalue weighted by molar-refractivity contribution is 7.75. The van der Waals surface area contributed by atoms with E-state index in [4.69, 9.17) is 71.4 Å². The molecule has 13 aliphatic carbocycles. The summed E-state index contributed by atoms with van der Waals surface area (Å²) < 4.78 is 31.4. The maximum atomic E-state index is 12.8. The number of aldehydes is 1. The van der Waals surface area contributed by atoms with Gasteiger partial charge in [0.25, 0.3) is 0 Å². The number of nitriles is 4. The summed E-state index contributed by atoms with van der Waals surface area (Å²) in [6, 6.07) is 63.8. The van der Waals surface area contributed by atoms with Gasteiger partial charge >= 0.3 is 23.5 Å². The summed E-state index contributed by atoms with van der Waals surface area (Å²) in [5, 5.41) is 67.2. The molecule has 124 heavy (non-hydrogen) atoms. The molecule has 13 saturated carbocycles. The second-order valence-corrected chi connectivity index (χ2v) is 41.7. The Balaban J connectivity index is 0.000000140. The van der Waals surface area contributed by atoms with Crippen molar-refractivity contribution in [2.24, 2.45) is 60.5 Å². The minimum absolute atomic E-state index is 0.00448. The lowest BCUT2D eigenvalue weighted by Gasteiger charge is -2.31. The predicted molar refractivity (Wildman–Crippen MR) is 483 cm³/mol. The molecule has 0 bridgehead atoms. The number of hydrogen-bond donors (Lipinski definition) is 8. The predicted octanol–water partition coefficient (Wildman–Crippen LogP) is 16.7. The van der Waals surface area contributed by atoms with Crippen molar-refractivity contribution in [3.63, 3.8) is 0 Å². The smallest absolute Gasteiger partial charge is 0.410 e. The second kappa shape index (κ2) is 43.2. The SMILES string of the molecule is CC(C)(C)OC(=O)N(CC1(CC#N)CC1)[C@@H]1C[C@H]1c1ccccc1.CC(C)(C)OC(=O)N(CC1(CCN)CC1)[C@@H]1C[C@H]1c1ccccc1.N#CCC1(C=O)CC1.N#CCC1(CN[C@@H]2C[C@H]2c2ccccc2)CC1.N#CCC1(CO)CC1.NCCC1(CN[C@@H]2C[C@H]2c2ccccc2)CC1.N[C@@H]1C[C@H]1c1ccccc1.O=S1OCC2(CC2)CO1.OCC1(CO)CC1. The molecule has 0 unspecified atom stereocenters. The van der Waals surface area contributed by atoms with E-state index in [9.17, 15) is 18.6 Å². The Bertz CT molecular complexity index is 4360. The number of benzene rings is 5. The van der Waals surface area contributed by atoms with Crippen molar-refractivity contribution in [2.45, 2.75) is 286 Å². The van der Waals surface area contributed by atoms with Crippen LogP contribution in [0.4, 0.5) is 9.59 Å². The Morgan fingerprint density at radius 2 is 0.774 bits per heavy atom. The summed E-state index contributed by atoms with van der Waals surface area (Å²) in [4.78, 5) is 39.6. The van der Waals surface area contributed by atoms with Gasteiger partial charge < -0.3 is 67.2 Å². The third-order valence-electron chi connectivity index (χ3n) is 27.5. The van der Waals surface area contributed by atoms with E-state index in [1.54, 1.807) is 0 Å². The first-order valence-corrected chi connectivity index (χ1v) is 46.8. The van der Waals surface area contributed by atoms with Crippen LogP contribution in [0.15, 0.2) is 152 Å². The molecule has 11 N–H and O–H groups in total. The van der Waals surface area contributed by atoms with E-state index in [-0.39, 0.29) is 76.6 Å². The van der Waals surface area contributed by atoms with Crippen molar-refractivity contribution in [1.29, 1.82) is 21.0 Å². The number of carbonyl (C=O) groups is 3. The van der Waals surface area contributed by atoms with Gasteiger partial charge in [-0.2, -0.15) is 25.3 Å². The van der Waals surface area contributed by atoms with Crippen molar-refractivity contribution in [3.8, 4) is 24.3 Å². The van der Waals surface area contributed by atoms with Crippen LogP contribution < -0.4 is 27.8 Å². The summed E-state index contributed by atoms with van der Waals surface area (Å²) in [5.74, 6) is 2.93. The number of ether oxygens (including phenoxy) is 2. The molecule has 2 amide bonds. The Morgan fingerprint density at radius 3 is 1.06 bits per heavy atom. The van der Waals surface area contributed by atoms with Gasteiger partial charge in [0.05, 0.1) is 50.7 Å². The third kappa shape index (κ3) is 30.6. The average Bonchev–Trinajstić information content (AvgIpc) is 1.61. The Labute approximate surface area is 741 Å². The fourth-order valence-corrected chi connectivity index (χ4v) is 17.2. The van der Waals surface area contributed by atoms with Crippen molar-refractivity contribution in [3.05, 3.63) is 179 Å². The lowest BCUT2D eigenvalue weighted by Crippen LogP contribution is -2.42. The maximum Gasteiger partial charge on any atom is 0.410 e. The fraction of sp³-hybridized carbons (Fsp3) is 0.634. The summed E-state index contributed by atoms with van der Waals surface area (Å²) in [5.41, 5.74) is 24.3. The number of carbonyl (C=O) groups excluding carboxylic acids is 3. The van der Waals surface area contributed by atoms with E-state index in [2.05, 4.69) is 150 Å². The molecule has 10 atom stereocenters. The first-order valence-electron chi connectivity index (χ1n) is 45.8. The van der Waals surface area contributed by atoms with Crippen molar-refractivity contribution in [1.82, 2.24) is 20.4 Å². The molecule has 0 radical (unpaired) electrons. The zero-order valence-electron chi connectivity index (χ0n) is 74.6. The van der Waals surface area contributed by atoms with E-state index >= 15 is 0 Å². The zero-order chi connectivity index (χ0) is 88.9. The van der Waals surface area contributed by atoms with Crippen LogP contribution in [0.25, 0.3) is 0 Å². The van der Waals surface area contributed by atoms with Gasteiger partial charge in [-0.3, -0.25) is 8.37 Å². The Morgan fingerprint density at radius 1 is 0.452 bits per heavy atom. The molecule has 1 spiro atoms. The van der Waals surface area contributed by atoms with Crippen LogP contribution >= 0.6 is 0 Å². The third-order valence-corrected chi connectivity index (χ3v) is 28.2.